The Bertz CT molecular complexity index is 1240. The smallest absolute Gasteiger partial charge is 0.404 e. The fourth-order valence-corrected chi connectivity index (χ4v) is 5.79. The average Bonchev–Trinajstić information content (AvgIpc) is 3.21. The van der Waals surface area contributed by atoms with Crippen LogP contribution in [0.4, 0.5) is 18.9 Å². The van der Waals surface area contributed by atoms with E-state index in [4.69, 9.17) is 0 Å². The van der Waals surface area contributed by atoms with E-state index in [1.165, 1.54) is 23.5 Å². The Morgan fingerprint density at radius 2 is 1.88 bits per heavy atom. The van der Waals surface area contributed by atoms with Crippen molar-refractivity contribution < 1.29 is 31.1 Å². The molecular formula is C20H18F3N3O4S2. The summed E-state index contributed by atoms with van der Waals surface area (Å²) in [4.78, 5) is 16.3. The number of sulfonamides is 1. The zero-order chi connectivity index (χ0) is 22.9. The van der Waals surface area contributed by atoms with Gasteiger partial charge in [0.1, 0.15) is 10.6 Å². The third-order valence-corrected chi connectivity index (χ3v) is 7.86. The van der Waals surface area contributed by atoms with Crippen molar-refractivity contribution in [1.82, 2.24) is 9.29 Å². The molecule has 12 heteroatoms. The van der Waals surface area contributed by atoms with Gasteiger partial charge >= 0.3 is 6.36 Å². The van der Waals surface area contributed by atoms with Crippen LogP contribution in [0.2, 0.25) is 0 Å². The molecule has 3 aromatic rings. The van der Waals surface area contributed by atoms with E-state index in [1.807, 2.05) is 6.07 Å². The Kier molecular flexibility index (Phi) is 6.10. The molecule has 1 saturated heterocycles. The molecular weight excluding hydrogens is 467 g/mol. The molecule has 4 rings (SSSR count). The summed E-state index contributed by atoms with van der Waals surface area (Å²) < 4.78 is 69.8. The number of aromatic nitrogens is 1. The van der Waals surface area contributed by atoms with E-state index < -0.39 is 32.9 Å². The highest BCUT2D eigenvalue weighted by atomic mass is 32.2. The number of fused-ring (bicyclic) bond motifs is 1. The summed E-state index contributed by atoms with van der Waals surface area (Å²) in [6, 6.07) is 10.0. The number of halogens is 3. The standard InChI is InChI=1S/C20H18F3N3O4S2/c21-20(22,23)30-16-3-1-2-4-18(16)32(28,29)26-9-7-13(8-10-26)19(27)25-14-5-6-17-15(11-14)24-12-31-17/h1-6,11-13H,7-10H2,(H,25,27). The molecule has 0 radical (unpaired) electrons. The third-order valence-electron chi connectivity index (χ3n) is 5.12. The van der Waals surface area contributed by atoms with Gasteiger partial charge in [0.25, 0.3) is 0 Å². The molecule has 0 unspecified atom stereocenters. The average molecular weight is 486 g/mol. The number of piperidine rings is 1. The van der Waals surface area contributed by atoms with E-state index in [0.717, 1.165) is 26.7 Å². The lowest BCUT2D eigenvalue weighted by Gasteiger charge is -2.31. The molecule has 7 nitrogen and oxygen atoms in total. The van der Waals surface area contributed by atoms with Gasteiger partial charge in [0.05, 0.1) is 15.7 Å². The minimum absolute atomic E-state index is 0.00585. The van der Waals surface area contributed by atoms with Crippen molar-refractivity contribution in [3.63, 3.8) is 0 Å². The van der Waals surface area contributed by atoms with E-state index >= 15 is 0 Å². The molecule has 1 aliphatic rings. The van der Waals surface area contributed by atoms with Crippen molar-refractivity contribution >= 4 is 43.2 Å². The maximum atomic E-state index is 12.9. The number of thiazole rings is 1. The molecule has 1 N–H and O–H groups in total. The van der Waals surface area contributed by atoms with Gasteiger partial charge in [-0.15, -0.1) is 24.5 Å². The topological polar surface area (TPSA) is 88.6 Å². The van der Waals surface area contributed by atoms with Gasteiger partial charge in [0.2, 0.25) is 15.9 Å². The molecule has 0 saturated carbocycles. The van der Waals surface area contributed by atoms with Gasteiger partial charge in [-0.1, -0.05) is 12.1 Å². The van der Waals surface area contributed by atoms with Gasteiger partial charge in [-0.05, 0) is 43.2 Å². The van der Waals surface area contributed by atoms with Gasteiger partial charge in [0, 0.05) is 24.7 Å². The van der Waals surface area contributed by atoms with Crippen LogP contribution in [0, 0.1) is 5.92 Å². The molecule has 0 atom stereocenters. The fraction of sp³-hybridized carbons (Fsp3) is 0.300. The van der Waals surface area contributed by atoms with Crippen molar-refractivity contribution in [3.8, 4) is 5.75 Å². The van der Waals surface area contributed by atoms with E-state index in [9.17, 15) is 26.4 Å². The number of nitrogens with zero attached hydrogens (tertiary/aromatic N) is 2. The Morgan fingerprint density at radius 3 is 2.59 bits per heavy atom. The first kappa shape index (κ1) is 22.5. The number of hydrogen-bond acceptors (Lipinski definition) is 6. The summed E-state index contributed by atoms with van der Waals surface area (Å²) in [6.07, 6.45) is -4.53. The Morgan fingerprint density at radius 1 is 1.16 bits per heavy atom. The molecule has 0 bridgehead atoms. The third kappa shape index (κ3) is 4.87. The number of nitrogens with one attached hydrogen (secondary N) is 1. The zero-order valence-corrected chi connectivity index (χ0v) is 18.1. The van der Waals surface area contributed by atoms with Crippen LogP contribution < -0.4 is 10.1 Å². The van der Waals surface area contributed by atoms with Gasteiger partial charge < -0.3 is 10.1 Å². The fourth-order valence-electron chi connectivity index (χ4n) is 3.55. The van der Waals surface area contributed by atoms with E-state index in [0.29, 0.717) is 5.69 Å². The van der Waals surface area contributed by atoms with Crippen molar-refractivity contribution in [3.05, 3.63) is 48.0 Å². The Labute approximate surface area is 185 Å². The number of alkyl halides is 3. The van der Waals surface area contributed by atoms with E-state index in [1.54, 1.807) is 17.6 Å². The first-order valence-corrected chi connectivity index (χ1v) is 11.9. The van der Waals surface area contributed by atoms with Crippen LogP contribution in [-0.4, -0.2) is 43.1 Å². The molecule has 32 heavy (non-hydrogen) atoms. The number of hydrogen-bond donors (Lipinski definition) is 1. The van der Waals surface area contributed by atoms with Crippen LogP contribution in [0.25, 0.3) is 10.2 Å². The Hall–Kier alpha value is -2.70. The van der Waals surface area contributed by atoms with Crippen molar-refractivity contribution in [1.29, 1.82) is 0 Å². The summed E-state index contributed by atoms with van der Waals surface area (Å²) in [7, 11) is -4.22. The number of ether oxygens (including phenoxy) is 1. The molecule has 1 fully saturated rings. The molecule has 0 aliphatic carbocycles. The number of para-hydroxylation sites is 1. The predicted molar refractivity (Wildman–Crippen MR) is 113 cm³/mol. The molecule has 170 valence electrons. The normalized spacial score (nSPS) is 16.2. The summed E-state index contributed by atoms with van der Waals surface area (Å²) in [5, 5.41) is 2.83. The SMILES string of the molecule is O=C(Nc1ccc2scnc2c1)C1CCN(S(=O)(=O)c2ccccc2OC(F)(F)F)CC1. The maximum Gasteiger partial charge on any atom is 0.573 e. The maximum absolute atomic E-state index is 12.9. The van der Waals surface area contributed by atoms with Crippen LogP contribution in [0.1, 0.15) is 12.8 Å². The lowest BCUT2D eigenvalue weighted by atomic mass is 9.97. The van der Waals surface area contributed by atoms with Gasteiger partial charge in [-0.2, -0.15) is 4.31 Å². The van der Waals surface area contributed by atoms with Gasteiger partial charge in [-0.3, -0.25) is 4.79 Å². The molecule has 2 heterocycles. The molecule has 1 amide bonds. The number of carbonyl (C=O) groups excluding carboxylic acids is 1. The second-order valence-corrected chi connectivity index (χ2v) is 9.99. The number of anilines is 1. The van der Waals surface area contributed by atoms with Crippen LogP contribution in [0.5, 0.6) is 5.75 Å². The molecule has 1 aromatic heterocycles. The highest BCUT2D eigenvalue weighted by molar-refractivity contribution is 7.89. The second-order valence-electron chi connectivity index (χ2n) is 7.20. The first-order chi connectivity index (χ1) is 15.1. The minimum Gasteiger partial charge on any atom is -0.404 e. The minimum atomic E-state index is -5.02. The summed E-state index contributed by atoms with van der Waals surface area (Å²) in [5.41, 5.74) is 3.08. The van der Waals surface area contributed by atoms with Gasteiger partial charge in [0.15, 0.2) is 0 Å². The quantitative estimate of drug-likeness (QED) is 0.584. The summed E-state index contributed by atoms with van der Waals surface area (Å²) >= 11 is 1.49. The number of rotatable bonds is 5. The molecule has 2 aromatic carbocycles. The van der Waals surface area contributed by atoms with E-state index in [-0.39, 0.29) is 31.8 Å². The highest BCUT2D eigenvalue weighted by Crippen LogP contribution is 2.33. The number of amides is 1. The largest absolute Gasteiger partial charge is 0.573 e. The van der Waals surface area contributed by atoms with Gasteiger partial charge in [-0.25, -0.2) is 13.4 Å². The van der Waals surface area contributed by atoms with Crippen LogP contribution >= 0.6 is 11.3 Å². The molecule has 1 aliphatic heterocycles. The Balaban J connectivity index is 1.42. The number of benzene rings is 2. The first-order valence-electron chi connectivity index (χ1n) is 9.62. The summed E-state index contributed by atoms with van der Waals surface area (Å²) in [6.45, 7) is 0.0117. The summed E-state index contributed by atoms with van der Waals surface area (Å²) in [5.74, 6) is -1.44. The highest BCUT2D eigenvalue weighted by Gasteiger charge is 2.37. The second kappa shape index (κ2) is 8.68. The van der Waals surface area contributed by atoms with Crippen molar-refractivity contribution in [2.45, 2.75) is 24.1 Å². The van der Waals surface area contributed by atoms with Crippen molar-refractivity contribution in [2.24, 2.45) is 5.92 Å². The van der Waals surface area contributed by atoms with Crippen molar-refractivity contribution in [2.75, 3.05) is 18.4 Å². The number of carbonyl (C=O) groups is 1. The molecule has 0 spiro atoms. The monoisotopic (exact) mass is 485 g/mol. The van der Waals surface area contributed by atoms with E-state index in [2.05, 4.69) is 15.0 Å². The lowest BCUT2D eigenvalue weighted by Crippen LogP contribution is -2.41. The van der Waals surface area contributed by atoms with Crippen LogP contribution in [0.15, 0.2) is 52.9 Å². The lowest BCUT2D eigenvalue weighted by molar-refractivity contribution is -0.275. The van der Waals surface area contributed by atoms with Crippen LogP contribution in [-0.2, 0) is 14.8 Å². The van der Waals surface area contributed by atoms with Crippen LogP contribution in [0.3, 0.4) is 0 Å². The zero-order valence-electron chi connectivity index (χ0n) is 16.5. The predicted octanol–water partition coefficient (Wildman–Crippen LogP) is 4.23.